The van der Waals surface area contributed by atoms with Gasteiger partial charge in [0.05, 0.1) is 12.5 Å². The molecule has 0 spiro atoms. The molecule has 0 aliphatic carbocycles. The molecule has 0 bridgehead atoms. The Morgan fingerprint density at radius 3 is 2.00 bits per heavy atom. The highest BCUT2D eigenvalue weighted by Crippen LogP contribution is 2.35. The highest BCUT2D eigenvalue weighted by atomic mass is 16.5. The first-order valence-corrected chi connectivity index (χ1v) is 9.52. The van der Waals surface area contributed by atoms with E-state index in [-0.39, 0.29) is 5.43 Å². The van der Waals surface area contributed by atoms with Gasteiger partial charge in [-0.25, -0.2) is 0 Å². The van der Waals surface area contributed by atoms with E-state index in [9.17, 15) is 4.79 Å². The van der Waals surface area contributed by atoms with Crippen LogP contribution in [0.3, 0.4) is 0 Å². The van der Waals surface area contributed by atoms with Crippen molar-refractivity contribution >= 4 is 21.5 Å². The van der Waals surface area contributed by atoms with Crippen molar-refractivity contribution in [2.75, 3.05) is 7.11 Å². The monoisotopic (exact) mass is 368 g/mol. The molecule has 4 aromatic rings. The van der Waals surface area contributed by atoms with E-state index in [1.54, 1.807) is 7.11 Å². The summed E-state index contributed by atoms with van der Waals surface area (Å²) in [6.07, 6.45) is 0. The van der Waals surface area contributed by atoms with Crippen molar-refractivity contribution in [2.24, 2.45) is 0 Å². The molecular weight excluding hydrogens is 344 g/mol. The van der Waals surface area contributed by atoms with E-state index < -0.39 is 0 Å². The SMILES string of the molecule is COc1cc(C)cc2c(-c3ccc(C)cc3)cc3c(C)cc(C)cc3c(=O)c12. The molecule has 0 amide bonds. The van der Waals surface area contributed by atoms with Gasteiger partial charge in [-0.2, -0.15) is 0 Å². The highest BCUT2D eigenvalue weighted by Gasteiger charge is 2.15. The number of aryl methyl sites for hydroxylation is 4. The van der Waals surface area contributed by atoms with Gasteiger partial charge in [0.25, 0.3) is 0 Å². The smallest absolute Gasteiger partial charge is 0.198 e. The van der Waals surface area contributed by atoms with Gasteiger partial charge in [-0.15, -0.1) is 0 Å². The average Bonchev–Trinajstić information content (AvgIpc) is 2.77. The van der Waals surface area contributed by atoms with Crippen LogP contribution in [0, 0.1) is 27.7 Å². The zero-order chi connectivity index (χ0) is 20.0. The van der Waals surface area contributed by atoms with Crippen molar-refractivity contribution < 1.29 is 4.74 Å². The van der Waals surface area contributed by atoms with Crippen molar-refractivity contribution in [2.45, 2.75) is 27.7 Å². The Kier molecular flexibility index (Phi) is 4.43. The third-order valence-electron chi connectivity index (χ3n) is 5.41. The summed E-state index contributed by atoms with van der Waals surface area (Å²) in [6.45, 7) is 8.22. The number of methoxy groups -OCH3 is 1. The molecule has 0 saturated carbocycles. The second kappa shape index (κ2) is 6.79. The third kappa shape index (κ3) is 2.95. The molecule has 0 radical (unpaired) electrons. The van der Waals surface area contributed by atoms with Crippen LogP contribution in [0.1, 0.15) is 22.3 Å². The zero-order valence-electron chi connectivity index (χ0n) is 17.0. The predicted octanol–water partition coefficient (Wildman–Crippen LogP) is 6.26. The van der Waals surface area contributed by atoms with Gasteiger partial charge in [0.15, 0.2) is 5.43 Å². The maximum Gasteiger partial charge on any atom is 0.198 e. The molecule has 0 heterocycles. The molecule has 28 heavy (non-hydrogen) atoms. The summed E-state index contributed by atoms with van der Waals surface area (Å²) in [5.74, 6) is 0.630. The van der Waals surface area contributed by atoms with E-state index in [1.165, 1.54) is 5.56 Å². The predicted molar refractivity (Wildman–Crippen MR) is 119 cm³/mol. The van der Waals surface area contributed by atoms with Crippen LogP contribution in [-0.2, 0) is 0 Å². The summed E-state index contributed by atoms with van der Waals surface area (Å²) in [5, 5.41) is 3.30. The third-order valence-corrected chi connectivity index (χ3v) is 5.41. The van der Waals surface area contributed by atoms with Crippen molar-refractivity contribution in [3.63, 3.8) is 0 Å². The van der Waals surface area contributed by atoms with Crippen LogP contribution in [0.5, 0.6) is 5.75 Å². The Bertz CT molecular complexity index is 1280. The fourth-order valence-corrected chi connectivity index (χ4v) is 4.05. The summed E-state index contributed by atoms with van der Waals surface area (Å²) in [6, 6.07) is 18.8. The normalized spacial score (nSPS) is 11.2. The first-order valence-electron chi connectivity index (χ1n) is 9.52. The van der Waals surface area contributed by atoms with Gasteiger partial charge in [-0.3, -0.25) is 4.79 Å². The van der Waals surface area contributed by atoms with Gasteiger partial charge >= 0.3 is 0 Å². The lowest BCUT2D eigenvalue weighted by atomic mass is 9.98. The minimum atomic E-state index is 0.0204. The first-order chi connectivity index (χ1) is 13.4. The van der Waals surface area contributed by atoms with E-state index in [4.69, 9.17) is 4.74 Å². The minimum Gasteiger partial charge on any atom is -0.496 e. The molecule has 0 aliphatic rings. The van der Waals surface area contributed by atoms with Gasteiger partial charge in [-0.05, 0) is 78.9 Å². The number of hydrogen-bond donors (Lipinski definition) is 0. The molecule has 140 valence electrons. The lowest BCUT2D eigenvalue weighted by Crippen LogP contribution is -2.02. The Morgan fingerprint density at radius 1 is 0.679 bits per heavy atom. The van der Waals surface area contributed by atoms with E-state index in [1.807, 2.05) is 26.0 Å². The van der Waals surface area contributed by atoms with Crippen LogP contribution in [0.15, 0.2) is 59.4 Å². The molecule has 0 unspecified atom stereocenters. The second-order valence-corrected chi connectivity index (χ2v) is 7.69. The number of hydrogen-bond acceptors (Lipinski definition) is 2. The van der Waals surface area contributed by atoms with Crippen molar-refractivity contribution in [3.8, 4) is 16.9 Å². The standard InChI is InChI=1S/C26H24O2/c1-15-6-8-19(9-7-15)21-14-20-18(4)10-16(2)12-23(20)26(27)25-22(21)11-17(3)13-24(25)28-5/h6-14H,1-5H3. The van der Waals surface area contributed by atoms with Gasteiger partial charge in [0.1, 0.15) is 5.75 Å². The summed E-state index contributed by atoms with van der Waals surface area (Å²) >= 11 is 0. The molecule has 2 heteroatoms. The molecule has 4 rings (SSSR count). The fourth-order valence-electron chi connectivity index (χ4n) is 4.05. The Labute approximate surface area is 165 Å². The van der Waals surface area contributed by atoms with Crippen LogP contribution in [0.2, 0.25) is 0 Å². The average molecular weight is 368 g/mol. The van der Waals surface area contributed by atoms with Crippen LogP contribution in [0.25, 0.3) is 32.7 Å². The van der Waals surface area contributed by atoms with Crippen molar-refractivity contribution in [1.29, 1.82) is 0 Å². The summed E-state index contributed by atoms with van der Waals surface area (Å²) < 4.78 is 5.65. The Hall–Kier alpha value is -3.13. The second-order valence-electron chi connectivity index (χ2n) is 7.69. The van der Waals surface area contributed by atoms with Crippen LogP contribution in [-0.4, -0.2) is 7.11 Å². The number of ether oxygens (including phenoxy) is 1. The molecular formula is C26H24O2. The fraction of sp³-hybridized carbons (Fsp3) is 0.192. The quantitative estimate of drug-likeness (QED) is 0.417. The van der Waals surface area contributed by atoms with Gasteiger partial charge in [0, 0.05) is 5.39 Å². The molecule has 2 nitrogen and oxygen atoms in total. The van der Waals surface area contributed by atoms with Crippen LogP contribution in [0.4, 0.5) is 0 Å². The van der Waals surface area contributed by atoms with Crippen molar-refractivity contribution in [1.82, 2.24) is 0 Å². The Balaban J connectivity index is 2.33. The first kappa shape index (κ1) is 18.2. The van der Waals surface area contributed by atoms with Crippen LogP contribution < -0.4 is 10.2 Å². The largest absolute Gasteiger partial charge is 0.496 e. The van der Waals surface area contributed by atoms with Crippen LogP contribution >= 0.6 is 0 Å². The molecule has 0 saturated heterocycles. The summed E-state index contributed by atoms with van der Waals surface area (Å²) in [5.41, 5.74) is 6.65. The maximum atomic E-state index is 13.6. The van der Waals surface area contributed by atoms with Gasteiger partial charge < -0.3 is 4.74 Å². The van der Waals surface area contributed by atoms with E-state index >= 15 is 0 Å². The zero-order valence-corrected chi connectivity index (χ0v) is 17.0. The van der Waals surface area contributed by atoms with E-state index in [0.29, 0.717) is 11.1 Å². The molecule has 0 N–H and O–H groups in total. The lowest BCUT2D eigenvalue weighted by Gasteiger charge is -2.09. The number of rotatable bonds is 2. The lowest BCUT2D eigenvalue weighted by molar-refractivity contribution is 0.419. The van der Waals surface area contributed by atoms with E-state index in [2.05, 4.69) is 56.3 Å². The van der Waals surface area contributed by atoms with E-state index in [0.717, 1.165) is 44.0 Å². The maximum absolute atomic E-state index is 13.6. The molecule has 0 fully saturated rings. The summed E-state index contributed by atoms with van der Waals surface area (Å²) in [7, 11) is 1.63. The van der Waals surface area contributed by atoms with Gasteiger partial charge in [0.2, 0.25) is 0 Å². The summed E-state index contributed by atoms with van der Waals surface area (Å²) in [4.78, 5) is 13.6. The Morgan fingerprint density at radius 2 is 1.32 bits per heavy atom. The molecule has 4 aromatic carbocycles. The highest BCUT2D eigenvalue weighted by molar-refractivity contribution is 6.06. The number of fused-ring (bicyclic) bond motifs is 2. The molecule has 0 aromatic heterocycles. The number of benzene rings is 3. The van der Waals surface area contributed by atoms with Crippen molar-refractivity contribution in [3.05, 3.63) is 87.1 Å². The van der Waals surface area contributed by atoms with Gasteiger partial charge in [-0.1, -0.05) is 47.5 Å². The molecule has 0 aliphatic heterocycles. The minimum absolute atomic E-state index is 0.0204. The molecule has 0 atom stereocenters. The topological polar surface area (TPSA) is 26.3 Å².